The minimum atomic E-state index is -0.268. The van der Waals surface area contributed by atoms with Gasteiger partial charge in [0.1, 0.15) is 5.75 Å². The predicted molar refractivity (Wildman–Crippen MR) is 90.9 cm³/mol. The Morgan fingerprint density at radius 1 is 1.00 bits per heavy atom. The van der Waals surface area contributed by atoms with Crippen molar-refractivity contribution in [3.63, 3.8) is 0 Å². The maximum Gasteiger partial charge on any atom is 0.255 e. The Hall–Kier alpha value is -2.82. The third kappa shape index (κ3) is 4.32. The molecule has 0 atom stereocenters. The van der Waals surface area contributed by atoms with Crippen LogP contribution in [0.1, 0.15) is 24.2 Å². The molecule has 5 nitrogen and oxygen atoms in total. The van der Waals surface area contributed by atoms with Crippen LogP contribution in [0, 0.1) is 5.92 Å². The molecule has 0 heterocycles. The topological polar surface area (TPSA) is 67.4 Å². The Bertz CT molecular complexity index is 711. The van der Waals surface area contributed by atoms with E-state index in [0.29, 0.717) is 22.7 Å². The normalized spacial score (nSPS) is 10.3. The van der Waals surface area contributed by atoms with E-state index in [2.05, 4.69) is 10.6 Å². The summed E-state index contributed by atoms with van der Waals surface area (Å²) < 4.78 is 5.21. The third-order valence-electron chi connectivity index (χ3n) is 3.27. The summed E-state index contributed by atoms with van der Waals surface area (Å²) in [6.45, 7) is 3.63. The zero-order chi connectivity index (χ0) is 16.8. The molecule has 0 aromatic heterocycles. The van der Waals surface area contributed by atoms with Crippen LogP contribution in [0.3, 0.4) is 0 Å². The first-order valence-corrected chi connectivity index (χ1v) is 7.36. The quantitative estimate of drug-likeness (QED) is 0.887. The molecule has 0 saturated carbocycles. The van der Waals surface area contributed by atoms with Crippen molar-refractivity contribution < 1.29 is 14.3 Å². The van der Waals surface area contributed by atoms with Crippen LogP contribution < -0.4 is 15.4 Å². The van der Waals surface area contributed by atoms with E-state index in [1.54, 1.807) is 43.5 Å². The van der Waals surface area contributed by atoms with Crippen LogP contribution in [-0.2, 0) is 4.79 Å². The summed E-state index contributed by atoms with van der Waals surface area (Å²) in [6.07, 6.45) is 0. The summed E-state index contributed by atoms with van der Waals surface area (Å²) in [7, 11) is 1.55. The molecule has 23 heavy (non-hydrogen) atoms. The van der Waals surface area contributed by atoms with Crippen molar-refractivity contribution in [2.24, 2.45) is 5.92 Å². The van der Waals surface area contributed by atoms with Crippen molar-refractivity contribution in [1.82, 2.24) is 0 Å². The summed E-state index contributed by atoms with van der Waals surface area (Å²) in [5.74, 6) is 0.105. The second kappa shape index (κ2) is 7.45. The molecule has 0 aliphatic carbocycles. The van der Waals surface area contributed by atoms with Crippen molar-refractivity contribution in [3.8, 4) is 5.75 Å². The number of hydrogen-bond acceptors (Lipinski definition) is 3. The van der Waals surface area contributed by atoms with Gasteiger partial charge < -0.3 is 15.4 Å². The second-order valence-electron chi connectivity index (χ2n) is 5.38. The summed E-state index contributed by atoms with van der Waals surface area (Å²) in [5, 5.41) is 5.58. The first kappa shape index (κ1) is 16.5. The molecule has 0 bridgehead atoms. The van der Waals surface area contributed by atoms with Crippen molar-refractivity contribution in [2.45, 2.75) is 13.8 Å². The summed E-state index contributed by atoms with van der Waals surface area (Å²) in [4.78, 5) is 24.1. The number of hydrogen-bond donors (Lipinski definition) is 2. The minimum Gasteiger partial charge on any atom is -0.495 e. The molecule has 5 heteroatoms. The van der Waals surface area contributed by atoms with Gasteiger partial charge in [0.2, 0.25) is 5.91 Å². The van der Waals surface area contributed by atoms with E-state index in [-0.39, 0.29) is 17.7 Å². The molecular weight excluding hydrogens is 292 g/mol. The predicted octanol–water partition coefficient (Wildman–Crippen LogP) is 3.54. The molecule has 0 aliphatic heterocycles. The Labute approximate surface area is 135 Å². The Morgan fingerprint density at radius 3 is 2.43 bits per heavy atom. The van der Waals surface area contributed by atoms with Crippen LogP contribution in [0.4, 0.5) is 11.4 Å². The summed E-state index contributed by atoms with van der Waals surface area (Å²) in [5.41, 5.74) is 1.64. The van der Waals surface area contributed by atoms with E-state index < -0.39 is 0 Å². The molecule has 2 aromatic carbocycles. The lowest BCUT2D eigenvalue weighted by Gasteiger charge is -2.11. The highest BCUT2D eigenvalue weighted by atomic mass is 16.5. The molecular formula is C18H20N2O3. The number of anilines is 2. The summed E-state index contributed by atoms with van der Waals surface area (Å²) in [6, 6.07) is 14.0. The van der Waals surface area contributed by atoms with Crippen LogP contribution in [0.5, 0.6) is 5.75 Å². The fourth-order valence-corrected chi connectivity index (χ4v) is 1.97. The van der Waals surface area contributed by atoms with E-state index in [4.69, 9.17) is 4.74 Å². The van der Waals surface area contributed by atoms with Crippen LogP contribution in [-0.4, -0.2) is 18.9 Å². The van der Waals surface area contributed by atoms with Gasteiger partial charge in [0, 0.05) is 17.2 Å². The second-order valence-corrected chi connectivity index (χ2v) is 5.38. The molecule has 0 aliphatic rings. The number of carbonyl (C=O) groups excluding carboxylic acids is 2. The van der Waals surface area contributed by atoms with E-state index in [0.717, 1.165) is 0 Å². The highest BCUT2D eigenvalue weighted by Gasteiger charge is 2.11. The van der Waals surface area contributed by atoms with E-state index in [1.807, 2.05) is 26.0 Å². The number of nitrogens with one attached hydrogen (secondary N) is 2. The van der Waals surface area contributed by atoms with Gasteiger partial charge in [-0.05, 0) is 30.3 Å². The minimum absolute atomic E-state index is 0.0905. The zero-order valence-electron chi connectivity index (χ0n) is 13.4. The van der Waals surface area contributed by atoms with Crippen LogP contribution in [0.2, 0.25) is 0 Å². The smallest absolute Gasteiger partial charge is 0.255 e. The number of ether oxygens (including phenoxy) is 1. The first-order chi connectivity index (χ1) is 11.0. The molecule has 0 radical (unpaired) electrons. The highest BCUT2D eigenvalue weighted by Crippen LogP contribution is 2.24. The molecule has 0 unspecified atom stereocenters. The van der Waals surface area contributed by atoms with Crippen molar-refractivity contribution in [2.75, 3.05) is 17.7 Å². The first-order valence-electron chi connectivity index (χ1n) is 7.36. The highest BCUT2D eigenvalue weighted by molar-refractivity contribution is 6.06. The molecule has 2 N–H and O–H groups in total. The molecule has 0 fully saturated rings. The summed E-state index contributed by atoms with van der Waals surface area (Å²) >= 11 is 0. The molecule has 0 saturated heterocycles. The number of rotatable bonds is 5. The molecule has 2 aromatic rings. The Balaban J connectivity index is 2.15. The van der Waals surface area contributed by atoms with Crippen molar-refractivity contribution in [1.29, 1.82) is 0 Å². The monoisotopic (exact) mass is 312 g/mol. The van der Waals surface area contributed by atoms with Gasteiger partial charge in [-0.1, -0.05) is 32.0 Å². The van der Waals surface area contributed by atoms with Crippen molar-refractivity contribution >= 4 is 23.2 Å². The van der Waals surface area contributed by atoms with Crippen molar-refractivity contribution in [3.05, 3.63) is 54.1 Å². The maximum absolute atomic E-state index is 12.4. The zero-order valence-corrected chi connectivity index (χ0v) is 13.4. The average molecular weight is 312 g/mol. The van der Waals surface area contributed by atoms with E-state index in [1.165, 1.54) is 0 Å². The fraction of sp³-hybridized carbons (Fsp3) is 0.222. The third-order valence-corrected chi connectivity index (χ3v) is 3.27. The number of amides is 2. The molecule has 2 rings (SSSR count). The lowest BCUT2D eigenvalue weighted by Crippen LogP contribution is -2.18. The molecule has 120 valence electrons. The number of carbonyl (C=O) groups is 2. The van der Waals surface area contributed by atoms with Gasteiger partial charge in [0.05, 0.1) is 12.8 Å². The van der Waals surface area contributed by atoms with Gasteiger partial charge >= 0.3 is 0 Å². The Morgan fingerprint density at radius 2 is 1.74 bits per heavy atom. The van der Waals surface area contributed by atoms with Gasteiger partial charge in [0.25, 0.3) is 5.91 Å². The maximum atomic E-state index is 12.4. The number of methoxy groups -OCH3 is 1. The molecule has 0 spiro atoms. The standard InChI is InChI=1S/C18H20N2O3/c1-12(2)17(21)19-14-8-6-7-13(11-14)18(22)20-15-9-4-5-10-16(15)23-3/h4-12H,1-3H3,(H,19,21)(H,20,22). The van der Waals surface area contributed by atoms with Gasteiger partial charge in [-0.15, -0.1) is 0 Å². The van der Waals surface area contributed by atoms with Crippen LogP contribution in [0.15, 0.2) is 48.5 Å². The Kier molecular flexibility index (Phi) is 5.36. The van der Waals surface area contributed by atoms with Gasteiger partial charge in [-0.25, -0.2) is 0 Å². The lowest BCUT2D eigenvalue weighted by atomic mass is 10.1. The molecule has 2 amide bonds. The van der Waals surface area contributed by atoms with Gasteiger partial charge in [0.15, 0.2) is 0 Å². The average Bonchev–Trinajstić information content (AvgIpc) is 2.55. The SMILES string of the molecule is COc1ccccc1NC(=O)c1cccc(NC(=O)C(C)C)c1. The van der Waals surface area contributed by atoms with Crippen LogP contribution >= 0.6 is 0 Å². The van der Waals surface area contributed by atoms with Gasteiger partial charge in [-0.3, -0.25) is 9.59 Å². The van der Waals surface area contributed by atoms with Crippen LogP contribution in [0.25, 0.3) is 0 Å². The van der Waals surface area contributed by atoms with E-state index in [9.17, 15) is 9.59 Å². The van der Waals surface area contributed by atoms with Gasteiger partial charge in [-0.2, -0.15) is 0 Å². The number of benzene rings is 2. The van der Waals surface area contributed by atoms with E-state index >= 15 is 0 Å². The fourth-order valence-electron chi connectivity index (χ4n) is 1.97. The number of para-hydroxylation sites is 2. The largest absolute Gasteiger partial charge is 0.495 e. The lowest BCUT2D eigenvalue weighted by molar-refractivity contribution is -0.118.